The molecule has 0 spiro atoms. The number of furan rings is 1. The van der Waals surface area contributed by atoms with Gasteiger partial charge in [0.25, 0.3) is 0 Å². The number of fused-ring (bicyclic) bond motifs is 4. The van der Waals surface area contributed by atoms with Crippen molar-refractivity contribution in [1.29, 1.82) is 0 Å². The van der Waals surface area contributed by atoms with Crippen molar-refractivity contribution >= 4 is 46.2 Å². The summed E-state index contributed by atoms with van der Waals surface area (Å²) in [7, 11) is -1.43. The van der Waals surface area contributed by atoms with E-state index in [2.05, 4.69) is 137 Å². The lowest BCUT2D eigenvalue weighted by atomic mass is 9.88. The molecule has 0 aliphatic rings. The Morgan fingerprint density at radius 1 is 0.579 bits per heavy atom. The van der Waals surface area contributed by atoms with Crippen molar-refractivity contribution in [3.05, 3.63) is 151 Å². The number of benzene rings is 6. The molecule has 0 bridgehead atoms. The molecule has 6 heteroatoms. The maximum Gasteiger partial charge on any atom is 0.145 e. The molecule has 0 aliphatic heterocycles. The minimum Gasteiger partial charge on any atom is -0.507 e. The van der Waals surface area contributed by atoms with Crippen LogP contribution in [0.15, 0.2) is 144 Å². The minimum atomic E-state index is -1.43. The molecule has 6 aromatic carbocycles. The van der Waals surface area contributed by atoms with E-state index in [1.54, 1.807) is 6.07 Å². The van der Waals surface area contributed by atoms with E-state index in [4.69, 9.17) is 14.4 Å². The summed E-state index contributed by atoms with van der Waals surface area (Å²) in [5, 5.41) is 14.3. The van der Waals surface area contributed by atoms with Gasteiger partial charge in [-0.15, -0.1) is 0 Å². The van der Waals surface area contributed by atoms with E-state index in [-0.39, 0.29) is 17.6 Å². The highest BCUT2D eigenvalue weighted by atomic mass is 28.3. The molecule has 9 rings (SSSR count). The second-order valence-electron chi connectivity index (χ2n) is 16.8. The molecule has 3 heterocycles. The second-order valence-corrected chi connectivity index (χ2v) is 21.9. The topological polar surface area (TPSA) is 64.1 Å². The number of nitrogens with zero attached hydrogens (tertiary/aromatic N) is 3. The molecule has 0 amide bonds. The molecule has 1 N–H and O–H groups in total. The predicted molar refractivity (Wildman–Crippen MR) is 241 cm³/mol. The molecule has 0 saturated carbocycles. The fourth-order valence-electron chi connectivity index (χ4n) is 8.17. The summed E-state index contributed by atoms with van der Waals surface area (Å²) in [6.45, 7) is 16.4. The first-order chi connectivity index (χ1) is 27.5. The van der Waals surface area contributed by atoms with Crippen molar-refractivity contribution in [3.63, 3.8) is 0 Å². The largest absolute Gasteiger partial charge is 0.507 e. The highest BCUT2D eigenvalue weighted by Gasteiger charge is 2.26. The lowest BCUT2D eigenvalue weighted by molar-refractivity contribution is 0.477. The fourth-order valence-corrected chi connectivity index (χ4v) is 9.33. The van der Waals surface area contributed by atoms with Gasteiger partial charge in [0.2, 0.25) is 0 Å². The number of pyridine rings is 1. The lowest BCUT2D eigenvalue weighted by Crippen LogP contribution is -2.37. The smallest absolute Gasteiger partial charge is 0.145 e. The number of hydrogen-bond donors (Lipinski definition) is 1. The number of hydrogen-bond acceptors (Lipinski definition) is 4. The van der Waals surface area contributed by atoms with Crippen LogP contribution in [0.2, 0.25) is 19.6 Å². The number of para-hydroxylation sites is 4. The van der Waals surface area contributed by atoms with Gasteiger partial charge in [-0.3, -0.25) is 4.57 Å². The quantitative estimate of drug-likeness (QED) is 0.157. The van der Waals surface area contributed by atoms with Crippen LogP contribution in [0.3, 0.4) is 0 Å². The maximum atomic E-state index is 10.8. The van der Waals surface area contributed by atoms with Crippen LogP contribution in [-0.2, 0) is 0 Å². The molecule has 0 fully saturated rings. The van der Waals surface area contributed by atoms with E-state index in [9.17, 15) is 5.11 Å². The lowest BCUT2D eigenvalue weighted by Gasteiger charge is -2.25. The number of aromatic nitrogens is 3. The summed E-state index contributed by atoms with van der Waals surface area (Å²) in [5.41, 5.74) is 13.7. The second kappa shape index (κ2) is 14.0. The number of phenols is 1. The Morgan fingerprint density at radius 2 is 1.23 bits per heavy atom. The van der Waals surface area contributed by atoms with Crippen LogP contribution in [0.4, 0.5) is 0 Å². The number of aromatic hydroxyl groups is 1. The zero-order valence-electron chi connectivity index (χ0n) is 33.6. The average molecular weight is 762 g/mol. The van der Waals surface area contributed by atoms with Gasteiger partial charge in [0, 0.05) is 27.5 Å². The third kappa shape index (κ3) is 6.44. The maximum absolute atomic E-state index is 10.8. The van der Waals surface area contributed by atoms with Crippen LogP contribution < -0.4 is 5.19 Å². The van der Waals surface area contributed by atoms with Crippen LogP contribution in [0, 0.1) is 0 Å². The van der Waals surface area contributed by atoms with E-state index < -0.39 is 8.07 Å². The van der Waals surface area contributed by atoms with E-state index >= 15 is 0 Å². The zero-order chi connectivity index (χ0) is 39.6. The molecular formula is C51H47N3O2Si. The van der Waals surface area contributed by atoms with Crippen molar-refractivity contribution in [2.24, 2.45) is 0 Å². The van der Waals surface area contributed by atoms with E-state index in [0.717, 1.165) is 55.6 Å². The van der Waals surface area contributed by atoms with Gasteiger partial charge in [-0.1, -0.05) is 125 Å². The van der Waals surface area contributed by atoms with Crippen molar-refractivity contribution in [3.8, 4) is 56.5 Å². The molecule has 0 aliphatic carbocycles. The van der Waals surface area contributed by atoms with E-state index in [0.29, 0.717) is 11.3 Å². The summed E-state index contributed by atoms with van der Waals surface area (Å²) in [5.74, 6) is 1.53. The Morgan fingerprint density at radius 3 is 1.93 bits per heavy atom. The molecule has 0 saturated heterocycles. The van der Waals surface area contributed by atoms with E-state index in [1.807, 2.05) is 48.5 Å². The Bertz CT molecular complexity index is 2940. The van der Waals surface area contributed by atoms with Crippen LogP contribution in [0.5, 0.6) is 5.75 Å². The third-order valence-electron chi connectivity index (χ3n) is 11.2. The van der Waals surface area contributed by atoms with Crippen molar-refractivity contribution in [2.45, 2.75) is 59.2 Å². The summed E-state index contributed by atoms with van der Waals surface area (Å²) in [4.78, 5) is 10.6. The van der Waals surface area contributed by atoms with Gasteiger partial charge in [-0.05, 0) is 101 Å². The molecule has 0 radical (unpaired) electrons. The predicted octanol–water partition coefficient (Wildman–Crippen LogP) is 13.5. The Balaban J connectivity index is 1.32. The Kier molecular flexibility index (Phi) is 8.97. The Labute approximate surface area is 335 Å². The average Bonchev–Trinajstić information content (AvgIpc) is 3.79. The van der Waals surface area contributed by atoms with Gasteiger partial charge < -0.3 is 9.52 Å². The van der Waals surface area contributed by atoms with Crippen LogP contribution in [-0.4, -0.2) is 27.7 Å². The van der Waals surface area contributed by atoms with Gasteiger partial charge >= 0.3 is 0 Å². The normalized spacial score (nSPS) is 12.2. The molecule has 3 aromatic heterocycles. The number of imidazole rings is 1. The first kappa shape index (κ1) is 36.4. The summed E-state index contributed by atoms with van der Waals surface area (Å²) >= 11 is 0. The van der Waals surface area contributed by atoms with Crippen LogP contribution >= 0.6 is 0 Å². The molecule has 57 heavy (non-hydrogen) atoms. The standard InChI is InChI=1S/C51H47N3O2Si/c1-31(2)39-27-34(33-23-25-36(26-24-33)57(5,6)7)28-40(32(3)4)49(39)54-46-20-11-10-17-45(46)53-51(54)35-29-41-37-15-9-13-22-48(37)56-50(41)42(30-35)44-19-14-18-43(52-44)38-16-8-12-21-47(38)55/h8-32,55H,1-7H3. The first-order valence-corrected chi connectivity index (χ1v) is 23.4. The van der Waals surface area contributed by atoms with Gasteiger partial charge in [0.1, 0.15) is 22.7 Å². The first-order valence-electron chi connectivity index (χ1n) is 19.9. The molecule has 282 valence electrons. The highest BCUT2D eigenvalue weighted by Crippen LogP contribution is 2.43. The van der Waals surface area contributed by atoms with Gasteiger partial charge in [-0.2, -0.15) is 0 Å². The van der Waals surface area contributed by atoms with Crippen LogP contribution in [0.25, 0.3) is 83.7 Å². The Hall–Kier alpha value is -6.24. The third-order valence-corrected chi connectivity index (χ3v) is 13.3. The van der Waals surface area contributed by atoms with Gasteiger partial charge in [0.05, 0.1) is 36.2 Å². The zero-order valence-corrected chi connectivity index (χ0v) is 34.6. The van der Waals surface area contributed by atoms with E-state index in [1.165, 1.54) is 33.1 Å². The van der Waals surface area contributed by atoms with Crippen LogP contribution in [0.1, 0.15) is 50.7 Å². The summed E-state index contributed by atoms with van der Waals surface area (Å²) in [6.07, 6.45) is 0. The van der Waals surface area contributed by atoms with Crippen molar-refractivity contribution in [2.75, 3.05) is 0 Å². The SMILES string of the molecule is CC(C)c1cc(-c2ccc([Si](C)(C)C)cc2)cc(C(C)C)c1-n1c(-c2cc(-c3cccc(-c4ccccc4O)n3)c3oc4ccccc4c3c2)nc2ccccc21. The minimum absolute atomic E-state index is 0.190. The molecule has 0 unspecified atom stereocenters. The fraction of sp³-hybridized carbons (Fsp3) is 0.176. The molecular weight excluding hydrogens is 715 g/mol. The van der Waals surface area contributed by atoms with Crippen molar-refractivity contribution in [1.82, 2.24) is 14.5 Å². The highest BCUT2D eigenvalue weighted by molar-refractivity contribution is 6.88. The van der Waals surface area contributed by atoms with Gasteiger partial charge in [0.15, 0.2) is 0 Å². The summed E-state index contributed by atoms with van der Waals surface area (Å²) < 4.78 is 9.04. The molecule has 5 nitrogen and oxygen atoms in total. The molecule has 0 atom stereocenters. The van der Waals surface area contributed by atoms with Crippen molar-refractivity contribution < 1.29 is 9.52 Å². The number of rotatable bonds is 8. The summed E-state index contributed by atoms with van der Waals surface area (Å²) in [6, 6.07) is 48.4. The van der Waals surface area contributed by atoms with Gasteiger partial charge in [-0.25, -0.2) is 9.97 Å². The monoisotopic (exact) mass is 761 g/mol. The number of phenolic OH excluding ortho intramolecular Hbond substituents is 1. The molecule has 9 aromatic rings.